The first-order valence-electron chi connectivity index (χ1n) is 7.23. The Labute approximate surface area is 116 Å². The molecule has 5 rings (SSSR count). The van der Waals surface area contributed by atoms with E-state index in [0.29, 0.717) is 6.04 Å². The van der Waals surface area contributed by atoms with E-state index in [-0.39, 0.29) is 0 Å². The molecule has 0 bridgehead atoms. The molecule has 3 heterocycles. The summed E-state index contributed by atoms with van der Waals surface area (Å²) in [5.74, 6) is 0. The number of para-hydroxylation sites is 1. The number of rotatable bonds is 0. The number of fused-ring (bicyclic) bond motifs is 6. The van der Waals surface area contributed by atoms with Crippen LogP contribution in [0, 0.1) is 0 Å². The number of nitrogens with zero attached hydrogens (tertiary/aromatic N) is 1. The van der Waals surface area contributed by atoms with Gasteiger partial charge in [-0.1, -0.05) is 24.3 Å². The van der Waals surface area contributed by atoms with Gasteiger partial charge in [0.2, 0.25) is 0 Å². The Morgan fingerprint density at radius 3 is 3.00 bits per heavy atom. The maximum absolute atomic E-state index is 5.00. The van der Waals surface area contributed by atoms with Crippen molar-refractivity contribution in [1.29, 1.82) is 0 Å². The van der Waals surface area contributed by atoms with Gasteiger partial charge in [0.05, 0.1) is 11.4 Å². The first-order valence-corrected chi connectivity index (χ1v) is 7.23. The molecule has 1 saturated heterocycles. The average Bonchev–Trinajstić information content (AvgIpc) is 3.04. The fourth-order valence-corrected chi connectivity index (χ4v) is 3.66. The molecule has 2 aromatic carbocycles. The Morgan fingerprint density at radius 1 is 1.05 bits per heavy atom. The fraction of sp³-hybridized carbons (Fsp3) is 0.235. The van der Waals surface area contributed by atoms with Crippen molar-refractivity contribution in [3.63, 3.8) is 0 Å². The number of nitrogens with one attached hydrogen (secondary N) is 2. The van der Waals surface area contributed by atoms with E-state index in [1.54, 1.807) is 0 Å². The molecule has 98 valence electrons. The maximum Gasteiger partial charge on any atom is 0.0851 e. The number of piperidine rings is 1. The summed E-state index contributed by atoms with van der Waals surface area (Å²) in [6.45, 7) is 2.06. The fourth-order valence-electron chi connectivity index (χ4n) is 3.66. The first-order chi connectivity index (χ1) is 9.92. The highest BCUT2D eigenvalue weighted by Gasteiger charge is 2.23. The minimum absolute atomic E-state index is 0.345. The maximum atomic E-state index is 5.00. The summed E-state index contributed by atoms with van der Waals surface area (Å²) >= 11 is 0. The van der Waals surface area contributed by atoms with Gasteiger partial charge < -0.3 is 10.3 Å². The van der Waals surface area contributed by atoms with Gasteiger partial charge in [-0.3, -0.25) is 4.99 Å². The predicted octanol–water partition coefficient (Wildman–Crippen LogP) is 1.47. The quantitative estimate of drug-likeness (QED) is 0.632. The molecule has 2 aliphatic heterocycles. The number of hydrogen-bond acceptors (Lipinski definition) is 2. The largest absolute Gasteiger partial charge is 0.354 e. The second-order valence-electron chi connectivity index (χ2n) is 5.68. The lowest BCUT2D eigenvalue weighted by molar-refractivity contribution is 0.599. The van der Waals surface area contributed by atoms with E-state index in [1.165, 1.54) is 38.0 Å². The van der Waals surface area contributed by atoms with Crippen molar-refractivity contribution in [2.24, 2.45) is 4.99 Å². The van der Waals surface area contributed by atoms with E-state index in [2.05, 4.69) is 46.7 Å². The van der Waals surface area contributed by atoms with Gasteiger partial charge in [0, 0.05) is 33.6 Å². The standard InChI is InChI=1S/C17H15N3/c1-2-4-13-12(3-1)16-14(19-13)6-5-11-10-7-8-18-9-15(10)20-17(11)16/h1-6,15,18-19H,7-9H2. The van der Waals surface area contributed by atoms with Crippen LogP contribution in [-0.2, 0) is 0 Å². The molecule has 0 saturated carbocycles. The summed E-state index contributed by atoms with van der Waals surface area (Å²) < 4.78 is 0. The van der Waals surface area contributed by atoms with Crippen LogP contribution in [0.3, 0.4) is 0 Å². The first kappa shape index (κ1) is 10.6. The Bertz CT molecular complexity index is 965. The lowest BCUT2D eigenvalue weighted by Gasteiger charge is -2.19. The molecule has 0 radical (unpaired) electrons. The normalized spacial score (nSPS) is 21.0. The van der Waals surface area contributed by atoms with Gasteiger partial charge in [-0.25, -0.2) is 0 Å². The van der Waals surface area contributed by atoms with Crippen molar-refractivity contribution in [3.8, 4) is 0 Å². The van der Waals surface area contributed by atoms with Crippen LogP contribution in [0.5, 0.6) is 0 Å². The van der Waals surface area contributed by atoms with Gasteiger partial charge in [-0.2, -0.15) is 0 Å². The Kier molecular flexibility index (Phi) is 1.97. The van der Waals surface area contributed by atoms with Gasteiger partial charge in [-0.15, -0.1) is 0 Å². The van der Waals surface area contributed by atoms with Gasteiger partial charge in [0.1, 0.15) is 0 Å². The van der Waals surface area contributed by atoms with E-state index in [4.69, 9.17) is 4.99 Å². The van der Waals surface area contributed by atoms with Crippen LogP contribution < -0.4 is 15.9 Å². The molecule has 0 spiro atoms. The lowest BCUT2D eigenvalue weighted by atomic mass is 9.99. The molecule has 3 aromatic rings. The van der Waals surface area contributed by atoms with Crippen LogP contribution in [0.15, 0.2) is 41.4 Å². The minimum atomic E-state index is 0.345. The van der Waals surface area contributed by atoms with E-state index >= 15 is 0 Å². The second kappa shape index (κ2) is 3.70. The molecular formula is C17H15N3. The van der Waals surface area contributed by atoms with Crippen molar-refractivity contribution < 1.29 is 0 Å². The Hall–Kier alpha value is -2.13. The number of H-pyrrole nitrogens is 1. The van der Waals surface area contributed by atoms with E-state index in [9.17, 15) is 0 Å². The summed E-state index contributed by atoms with van der Waals surface area (Å²) in [5.41, 5.74) is 3.91. The van der Waals surface area contributed by atoms with Gasteiger partial charge in [0.25, 0.3) is 0 Å². The molecule has 3 nitrogen and oxygen atoms in total. The molecule has 1 unspecified atom stereocenters. The highest BCUT2D eigenvalue weighted by Crippen LogP contribution is 2.24. The Morgan fingerprint density at radius 2 is 2.00 bits per heavy atom. The third kappa shape index (κ3) is 1.26. The molecule has 2 N–H and O–H groups in total. The minimum Gasteiger partial charge on any atom is -0.354 e. The molecule has 0 amide bonds. The van der Waals surface area contributed by atoms with Crippen LogP contribution in [0.2, 0.25) is 0 Å². The summed E-state index contributed by atoms with van der Waals surface area (Å²) in [6, 6.07) is 13.3. The van der Waals surface area contributed by atoms with E-state index < -0.39 is 0 Å². The smallest absolute Gasteiger partial charge is 0.0851 e. The average molecular weight is 261 g/mol. The Balaban J connectivity index is 2.01. The molecule has 1 fully saturated rings. The van der Waals surface area contributed by atoms with Gasteiger partial charge >= 0.3 is 0 Å². The van der Waals surface area contributed by atoms with Crippen LogP contribution in [0.1, 0.15) is 6.42 Å². The molecule has 1 aromatic heterocycles. The van der Waals surface area contributed by atoms with Crippen molar-refractivity contribution >= 4 is 27.4 Å². The van der Waals surface area contributed by atoms with Crippen molar-refractivity contribution in [3.05, 3.63) is 47.0 Å². The molecule has 2 aliphatic rings. The van der Waals surface area contributed by atoms with Crippen LogP contribution in [0.4, 0.5) is 0 Å². The summed E-state index contributed by atoms with van der Waals surface area (Å²) in [7, 11) is 0. The summed E-state index contributed by atoms with van der Waals surface area (Å²) in [4.78, 5) is 8.51. The van der Waals surface area contributed by atoms with Crippen molar-refractivity contribution in [1.82, 2.24) is 10.3 Å². The monoisotopic (exact) mass is 261 g/mol. The SMILES string of the molecule is c1ccc2c(c1)[nH]c1ccc3c(c12)=NC1CNCCC=31. The number of aromatic nitrogens is 1. The molecule has 1 atom stereocenters. The van der Waals surface area contributed by atoms with E-state index in [1.807, 2.05) is 0 Å². The zero-order valence-corrected chi connectivity index (χ0v) is 11.1. The van der Waals surface area contributed by atoms with Gasteiger partial charge in [-0.05, 0) is 30.7 Å². The molecule has 0 aliphatic carbocycles. The zero-order chi connectivity index (χ0) is 13.1. The van der Waals surface area contributed by atoms with Crippen LogP contribution in [-0.4, -0.2) is 24.1 Å². The summed E-state index contributed by atoms with van der Waals surface area (Å²) in [6.07, 6.45) is 1.12. The van der Waals surface area contributed by atoms with Gasteiger partial charge in [0.15, 0.2) is 0 Å². The highest BCUT2D eigenvalue weighted by atomic mass is 15.0. The number of aromatic amines is 1. The highest BCUT2D eigenvalue weighted by molar-refractivity contribution is 6.07. The number of benzene rings is 2. The van der Waals surface area contributed by atoms with Crippen LogP contribution in [0.25, 0.3) is 27.4 Å². The van der Waals surface area contributed by atoms with Crippen molar-refractivity contribution in [2.75, 3.05) is 13.1 Å². The summed E-state index contributed by atoms with van der Waals surface area (Å²) in [5, 5.41) is 8.59. The lowest BCUT2D eigenvalue weighted by Crippen LogP contribution is -2.34. The topological polar surface area (TPSA) is 40.2 Å². The van der Waals surface area contributed by atoms with Crippen molar-refractivity contribution in [2.45, 2.75) is 12.5 Å². The molecule has 3 heteroatoms. The molecular weight excluding hydrogens is 246 g/mol. The number of hydrogen-bond donors (Lipinski definition) is 2. The second-order valence-corrected chi connectivity index (χ2v) is 5.68. The molecule has 20 heavy (non-hydrogen) atoms. The third-order valence-electron chi connectivity index (χ3n) is 4.59. The van der Waals surface area contributed by atoms with E-state index in [0.717, 1.165) is 19.5 Å². The zero-order valence-electron chi connectivity index (χ0n) is 11.1. The predicted molar refractivity (Wildman–Crippen MR) is 81.3 cm³/mol. The van der Waals surface area contributed by atoms with Crippen LogP contribution >= 0.6 is 0 Å². The third-order valence-corrected chi connectivity index (χ3v) is 4.59.